The third-order valence-corrected chi connectivity index (χ3v) is 4.78. The van der Waals surface area contributed by atoms with Gasteiger partial charge in [0.25, 0.3) is 0 Å². The van der Waals surface area contributed by atoms with Gasteiger partial charge in [-0.2, -0.15) is 0 Å². The zero-order valence-corrected chi connectivity index (χ0v) is 11.8. The summed E-state index contributed by atoms with van der Waals surface area (Å²) in [6.07, 6.45) is 4.91. The average molecular weight is 252 g/mol. The van der Waals surface area contributed by atoms with Crippen molar-refractivity contribution in [2.75, 3.05) is 6.54 Å². The molecule has 1 heterocycles. The van der Waals surface area contributed by atoms with Crippen LogP contribution in [0, 0.1) is 0 Å². The molecule has 0 atom stereocenters. The van der Waals surface area contributed by atoms with Crippen LogP contribution in [0.25, 0.3) is 0 Å². The minimum absolute atomic E-state index is 0.155. The fraction of sp³-hybridized carbons (Fsp3) is 0.714. The van der Waals surface area contributed by atoms with Crippen LogP contribution in [0.1, 0.15) is 44.4 Å². The molecule has 1 aromatic rings. The Labute approximate surface area is 109 Å². The zero-order valence-electron chi connectivity index (χ0n) is 11.0. The Morgan fingerprint density at radius 1 is 1.47 bits per heavy atom. The molecule has 0 radical (unpaired) electrons. The lowest BCUT2D eigenvalue weighted by atomic mass is 9.75. The van der Waals surface area contributed by atoms with Gasteiger partial charge in [-0.3, -0.25) is 4.90 Å². The van der Waals surface area contributed by atoms with Gasteiger partial charge in [-0.1, -0.05) is 6.07 Å². The van der Waals surface area contributed by atoms with Gasteiger partial charge in [-0.15, -0.1) is 11.3 Å². The lowest BCUT2D eigenvalue weighted by Gasteiger charge is -2.40. The summed E-state index contributed by atoms with van der Waals surface area (Å²) in [5.74, 6) is 0. The molecule has 0 aliphatic heterocycles. The van der Waals surface area contributed by atoms with Gasteiger partial charge in [0.15, 0.2) is 0 Å². The lowest BCUT2D eigenvalue weighted by molar-refractivity contribution is 0.155. The smallest absolute Gasteiger partial charge is 0.0330 e. The quantitative estimate of drug-likeness (QED) is 0.842. The summed E-state index contributed by atoms with van der Waals surface area (Å²) in [6, 6.07) is 4.96. The van der Waals surface area contributed by atoms with E-state index >= 15 is 0 Å². The second kappa shape index (κ2) is 5.51. The second-order valence-electron chi connectivity index (χ2n) is 5.61. The highest BCUT2D eigenvalue weighted by Crippen LogP contribution is 2.32. The maximum atomic E-state index is 6.30. The maximum Gasteiger partial charge on any atom is 0.0330 e. The van der Waals surface area contributed by atoms with Crippen molar-refractivity contribution in [2.45, 2.75) is 57.7 Å². The van der Waals surface area contributed by atoms with E-state index in [-0.39, 0.29) is 5.54 Å². The molecule has 96 valence electrons. The molecule has 0 aromatic carbocycles. The molecular formula is C14H24N2S. The molecule has 2 rings (SSSR count). The highest BCUT2D eigenvalue weighted by Gasteiger charge is 2.32. The molecule has 1 aliphatic rings. The normalized spacial score (nSPS) is 18.6. The highest BCUT2D eigenvalue weighted by molar-refractivity contribution is 7.09. The number of hydrogen-bond donors (Lipinski definition) is 1. The van der Waals surface area contributed by atoms with Crippen LogP contribution in [0.5, 0.6) is 0 Å². The average Bonchev–Trinajstić information content (AvgIpc) is 2.73. The Hall–Kier alpha value is -0.380. The van der Waals surface area contributed by atoms with Crippen molar-refractivity contribution in [1.82, 2.24) is 4.90 Å². The van der Waals surface area contributed by atoms with E-state index in [0.29, 0.717) is 6.04 Å². The first-order valence-corrected chi connectivity index (χ1v) is 7.52. The number of nitrogens with zero attached hydrogens (tertiary/aromatic N) is 1. The summed E-state index contributed by atoms with van der Waals surface area (Å²) in [5, 5.41) is 2.16. The minimum Gasteiger partial charge on any atom is -0.325 e. The van der Waals surface area contributed by atoms with E-state index in [1.54, 1.807) is 0 Å². The molecule has 1 saturated carbocycles. The van der Waals surface area contributed by atoms with Gasteiger partial charge >= 0.3 is 0 Å². The molecule has 0 saturated heterocycles. The van der Waals surface area contributed by atoms with Crippen LogP contribution in [0.2, 0.25) is 0 Å². The minimum atomic E-state index is 0.155. The summed E-state index contributed by atoms with van der Waals surface area (Å²) >= 11 is 1.85. The molecule has 1 aromatic heterocycles. The molecule has 0 unspecified atom stereocenters. The van der Waals surface area contributed by atoms with E-state index in [1.165, 1.54) is 24.1 Å². The summed E-state index contributed by atoms with van der Waals surface area (Å²) in [7, 11) is 0. The zero-order chi connectivity index (χ0) is 12.3. The fourth-order valence-corrected chi connectivity index (χ4v) is 3.10. The second-order valence-corrected chi connectivity index (χ2v) is 6.64. The maximum absolute atomic E-state index is 6.30. The van der Waals surface area contributed by atoms with Gasteiger partial charge in [-0.25, -0.2) is 0 Å². The van der Waals surface area contributed by atoms with E-state index in [2.05, 4.69) is 36.3 Å². The van der Waals surface area contributed by atoms with Crippen molar-refractivity contribution in [2.24, 2.45) is 5.73 Å². The van der Waals surface area contributed by atoms with Crippen LogP contribution < -0.4 is 5.73 Å². The Balaban J connectivity index is 1.84. The molecule has 0 bridgehead atoms. The summed E-state index contributed by atoms with van der Waals surface area (Å²) in [6.45, 7) is 6.76. The van der Waals surface area contributed by atoms with E-state index < -0.39 is 0 Å². The molecule has 1 fully saturated rings. The third-order valence-electron chi connectivity index (χ3n) is 3.92. The molecule has 2 nitrogen and oxygen atoms in total. The van der Waals surface area contributed by atoms with Crippen molar-refractivity contribution < 1.29 is 0 Å². The van der Waals surface area contributed by atoms with Gasteiger partial charge < -0.3 is 5.73 Å². The SMILES string of the molecule is CC(C)N(CCC1(N)CCC1)Cc1cccs1. The van der Waals surface area contributed by atoms with Crippen LogP contribution in [-0.2, 0) is 6.54 Å². The fourth-order valence-electron chi connectivity index (χ4n) is 2.37. The number of thiophene rings is 1. The van der Waals surface area contributed by atoms with Crippen LogP contribution >= 0.6 is 11.3 Å². The molecule has 0 spiro atoms. The first kappa shape index (κ1) is 13.1. The number of hydrogen-bond acceptors (Lipinski definition) is 3. The van der Waals surface area contributed by atoms with E-state index in [9.17, 15) is 0 Å². The first-order chi connectivity index (χ1) is 8.09. The van der Waals surface area contributed by atoms with Crippen LogP contribution in [0.4, 0.5) is 0 Å². The van der Waals surface area contributed by atoms with Gasteiger partial charge in [0.05, 0.1) is 0 Å². The summed E-state index contributed by atoms with van der Waals surface area (Å²) in [5.41, 5.74) is 6.46. The molecule has 2 N–H and O–H groups in total. The Kier molecular flexibility index (Phi) is 4.23. The summed E-state index contributed by atoms with van der Waals surface area (Å²) in [4.78, 5) is 4.00. The number of rotatable bonds is 6. The van der Waals surface area contributed by atoms with Crippen molar-refractivity contribution in [3.63, 3.8) is 0 Å². The Morgan fingerprint density at radius 2 is 2.24 bits per heavy atom. The molecule has 3 heteroatoms. The van der Waals surface area contributed by atoms with Crippen LogP contribution in [-0.4, -0.2) is 23.0 Å². The first-order valence-electron chi connectivity index (χ1n) is 6.64. The Morgan fingerprint density at radius 3 is 2.71 bits per heavy atom. The molecular weight excluding hydrogens is 228 g/mol. The lowest BCUT2D eigenvalue weighted by Crippen LogP contribution is -2.49. The third kappa shape index (κ3) is 3.54. The van der Waals surface area contributed by atoms with E-state index in [4.69, 9.17) is 5.73 Å². The van der Waals surface area contributed by atoms with Crippen molar-refractivity contribution in [3.8, 4) is 0 Å². The Bertz CT molecular complexity index is 328. The standard InChI is InChI=1S/C14H24N2S/c1-12(2)16(11-13-5-3-10-17-13)9-8-14(15)6-4-7-14/h3,5,10,12H,4,6-9,11,15H2,1-2H3. The topological polar surface area (TPSA) is 29.3 Å². The molecule has 1 aliphatic carbocycles. The largest absolute Gasteiger partial charge is 0.325 e. The van der Waals surface area contributed by atoms with E-state index in [0.717, 1.165) is 19.5 Å². The monoisotopic (exact) mass is 252 g/mol. The predicted octanol–water partition coefficient (Wildman–Crippen LogP) is 3.23. The van der Waals surface area contributed by atoms with E-state index in [1.807, 2.05) is 11.3 Å². The highest BCUT2D eigenvalue weighted by atomic mass is 32.1. The van der Waals surface area contributed by atoms with Gasteiger partial charge in [0, 0.05) is 29.5 Å². The van der Waals surface area contributed by atoms with Gasteiger partial charge in [0.2, 0.25) is 0 Å². The van der Waals surface area contributed by atoms with Crippen molar-refractivity contribution in [3.05, 3.63) is 22.4 Å². The van der Waals surface area contributed by atoms with Gasteiger partial charge in [-0.05, 0) is 51.0 Å². The molecule has 17 heavy (non-hydrogen) atoms. The van der Waals surface area contributed by atoms with Crippen molar-refractivity contribution in [1.29, 1.82) is 0 Å². The summed E-state index contributed by atoms with van der Waals surface area (Å²) < 4.78 is 0. The number of nitrogens with two attached hydrogens (primary N) is 1. The van der Waals surface area contributed by atoms with Crippen LogP contribution in [0.15, 0.2) is 17.5 Å². The molecule has 0 amide bonds. The van der Waals surface area contributed by atoms with Gasteiger partial charge in [0.1, 0.15) is 0 Å². The predicted molar refractivity (Wildman–Crippen MR) is 75.3 cm³/mol. The van der Waals surface area contributed by atoms with Crippen LogP contribution in [0.3, 0.4) is 0 Å². The van der Waals surface area contributed by atoms with Crippen molar-refractivity contribution >= 4 is 11.3 Å².